The average Bonchev–Trinajstić information content (AvgIpc) is 3.03. The van der Waals surface area contributed by atoms with Crippen LogP contribution in [0.15, 0.2) is 0 Å². The molecular weight excluding hydrogens is 304 g/mol. The number of esters is 2. The summed E-state index contributed by atoms with van der Waals surface area (Å²) >= 11 is 0. The first-order valence-electron chi connectivity index (χ1n) is 7.68. The second-order valence-corrected chi connectivity index (χ2v) is 5.38. The van der Waals surface area contributed by atoms with Crippen LogP contribution in [0, 0.1) is 11.8 Å². The highest BCUT2D eigenvalue weighted by Gasteiger charge is 2.37. The summed E-state index contributed by atoms with van der Waals surface area (Å²) in [6.45, 7) is 0.386. The summed E-state index contributed by atoms with van der Waals surface area (Å²) in [5.74, 6) is -2.03. The number of hydrogen-bond donors (Lipinski definition) is 2. The van der Waals surface area contributed by atoms with Crippen LogP contribution >= 0.6 is 0 Å². The molecule has 1 aliphatic rings. The number of ether oxygens (including phenoxy) is 2. The first kappa shape index (κ1) is 18.9. The van der Waals surface area contributed by atoms with Gasteiger partial charge in [-0.05, 0) is 12.8 Å². The van der Waals surface area contributed by atoms with Gasteiger partial charge in [-0.15, -0.1) is 0 Å². The number of hydrogen-bond acceptors (Lipinski definition) is 6. The summed E-state index contributed by atoms with van der Waals surface area (Å²) in [7, 11) is 2.58. The molecule has 2 amide bonds. The van der Waals surface area contributed by atoms with E-state index in [4.69, 9.17) is 0 Å². The Balaban J connectivity index is 2.39. The van der Waals surface area contributed by atoms with Crippen molar-refractivity contribution in [2.45, 2.75) is 32.1 Å². The molecular formula is C15H24N2O6. The van der Waals surface area contributed by atoms with Gasteiger partial charge in [-0.1, -0.05) is 6.42 Å². The van der Waals surface area contributed by atoms with E-state index in [9.17, 15) is 19.2 Å². The lowest BCUT2D eigenvalue weighted by Crippen LogP contribution is -2.40. The number of amides is 2. The summed E-state index contributed by atoms with van der Waals surface area (Å²) in [6.07, 6.45) is 2.28. The van der Waals surface area contributed by atoms with Crippen molar-refractivity contribution in [3.63, 3.8) is 0 Å². The minimum Gasteiger partial charge on any atom is -0.469 e. The number of rotatable bonds is 8. The standard InChI is InChI=1S/C15H24N2O6/c1-22-12(18)6-8-16-14(20)10-4-3-5-11(10)15(21)17-9-7-13(19)23-2/h10-11H,3-9H2,1-2H3,(H,16,20)(H,17,21)/t10-,11-/m0/s1. The zero-order valence-electron chi connectivity index (χ0n) is 13.6. The monoisotopic (exact) mass is 328 g/mol. The lowest BCUT2D eigenvalue weighted by atomic mass is 9.94. The van der Waals surface area contributed by atoms with Gasteiger partial charge in [-0.25, -0.2) is 0 Å². The van der Waals surface area contributed by atoms with Gasteiger partial charge in [-0.3, -0.25) is 19.2 Å². The van der Waals surface area contributed by atoms with Gasteiger partial charge in [0.15, 0.2) is 0 Å². The Morgan fingerprint density at radius 2 is 1.22 bits per heavy atom. The van der Waals surface area contributed by atoms with E-state index in [1.807, 2.05) is 0 Å². The zero-order valence-corrected chi connectivity index (χ0v) is 13.6. The molecule has 0 heterocycles. The maximum absolute atomic E-state index is 12.1. The summed E-state index contributed by atoms with van der Waals surface area (Å²) in [6, 6.07) is 0. The average molecular weight is 328 g/mol. The van der Waals surface area contributed by atoms with Crippen LogP contribution < -0.4 is 10.6 Å². The first-order chi connectivity index (χ1) is 11.0. The van der Waals surface area contributed by atoms with Crippen molar-refractivity contribution in [3.05, 3.63) is 0 Å². The third-order valence-corrected chi connectivity index (χ3v) is 3.90. The largest absolute Gasteiger partial charge is 0.469 e. The SMILES string of the molecule is COC(=O)CCNC(=O)[C@H]1CCC[C@@H]1C(=O)NCCC(=O)OC. The Hall–Kier alpha value is -2.12. The van der Waals surface area contributed by atoms with Crippen molar-refractivity contribution >= 4 is 23.8 Å². The van der Waals surface area contributed by atoms with Crippen molar-refractivity contribution in [2.75, 3.05) is 27.3 Å². The molecule has 2 N–H and O–H groups in total. The molecule has 0 radical (unpaired) electrons. The molecule has 130 valence electrons. The third kappa shape index (κ3) is 6.25. The molecule has 0 saturated heterocycles. The molecule has 1 aliphatic carbocycles. The van der Waals surface area contributed by atoms with E-state index in [2.05, 4.69) is 20.1 Å². The predicted octanol–water partition coefficient (Wildman–Crippen LogP) is -0.239. The summed E-state index contributed by atoms with van der Waals surface area (Å²) in [5, 5.41) is 5.33. The highest BCUT2D eigenvalue weighted by molar-refractivity contribution is 5.88. The second kappa shape index (κ2) is 9.81. The maximum atomic E-state index is 12.1. The van der Waals surface area contributed by atoms with E-state index in [1.54, 1.807) is 0 Å². The van der Waals surface area contributed by atoms with Gasteiger partial charge >= 0.3 is 11.9 Å². The molecule has 1 fully saturated rings. The Morgan fingerprint density at radius 1 is 0.826 bits per heavy atom. The lowest BCUT2D eigenvalue weighted by Gasteiger charge is -2.18. The smallest absolute Gasteiger partial charge is 0.307 e. The molecule has 0 bridgehead atoms. The molecule has 1 rings (SSSR count). The quantitative estimate of drug-likeness (QED) is 0.595. The molecule has 0 aliphatic heterocycles. The fourth-order valence-electron chi connectivity index (χ4n) is 2.63. The first-order valence-corrected chi connectivity index (χ1v) is 7.68. The minimum atomic E-state index is -0.397. The van der Waals surface area contributed by atoms with Crippen LogP contribution in [0.25, 0.3) is 0 Å². The van der Waals surface area contributed by atoms with Crippen molar-refractivity contribution in [3.8, 4) is 0 Å². The van der Waals surface area contributed by atoms with Crippen molar-refractivity contribution in [1.82, 2.24) is 10.6 Å². The van der Waals surface area contributed by atoms with E-state index in [0.29, 0.717) is 12.8 Å². The molecule has 2 atom stereocenters. The van der Waals surface area contributed by atoms with E-state index in [0.717, 1.165) is 6.42 Å². The van der Waals surface area contributed by atoms with Gasteiger partial charge in [-0.2, -0.15) is 0 Å². The number of carbonyl (C=O) groups excluding carboxylic acids is 4. The molecule has 1 saturated carbocycles. The van der Waals surface area contributed by atoms with E-state index >= 15 is 0 Å². The minimum absolute atomic E-state index is 0.102. The van der Waals surface area contributed by atoms with Gasteiger partial charge in [0, 0.05) is 24.9 Å². The van der Waals surface area contributed by atoms with Crippen LogP contribution in [0.4, 0.5) is 0 Å². The van der Waals surface area contributed by atoms with Crippen LogP contribution in [0.3, 0.4) is 0 Å². The Labute approximate surface area is 135 Å². The van der Waals surface area contributed by atoms with E-state index in [-0.39, 0.29) is 37.7 Å². The molecule has 8 heteroatoms. The molecule has 23 heavy (non-hydrogen) atoms. The van der Waals surface area contributed by atoms with E-state index in [1.165, 1.54) is 14.2 Å². The van der Waals surface area contributed by atoms with Gasteiger partial charge in [0.25, 0.3) is 0 Å². The Kier molecular flexibility index (Phi) is 8.07. The maximum Gasteiger partial charge on any atom is 0.307 e. The van der Waals surface area contributed by atoms with Crippen LogP contribution in [-0.2, 0) is 28.7 Å². The molecule has 0 aromatic rings. The summed E-state index contributed by atoms with van der Waals surface area (Å²) in [5.41, 5.74) is 0. The van der Waals surface area contributed by atoms with E-state index < -0.39 is 23.8 Å². The number of methoxy groups -OCH3 is 2. The fraction of sp³-hybridized carbons (Fsp3) is 0.733. The highest BCUT2D eigenvalue weighted by atomic mass is 16.5. The van der Waals surface area contributed by atoms with Crippen LogP contribution in [-0.4, -0.2) is 51.1 Å². The van der Waals surface area contributed by atoms with Crippen LogP contribution in [0.2, 0.25) is 0 Å². The summed E-state index contributed by atoms with van der Waals surface area (Å²) in [4.78, 5) is 46.3. The van der Waals surface area contributed by atoms with Gasteiger partial charge < -0.3 is 20.1 Å². The van der Waals surface area contributed by atoms with Gasteiger partial charge in [0.05, 0.1) is 27.1 Å². The highest BCUT2D eigenvalue weighted by Crippen LogP contribution is 2.32. The molecule has 0 aromatic heterocycles. The van der Waals surface area contributed by atoms with Crippen molar-refractivity contribution in [2.24, 2.45) is 11.8 Å². The summed E-state index contributed by atoms with van der Waals surface area (Å²) < 4.78 is 9.00. The molecule has 0 spiro atoms. The van der Waals surface area contributed by atoms with Crippen LogP contribution in [0.5, 0.6) is 0 Å². The molecule has 0 aromatic carbocycles. The van der Waals surface area contributed by atoms with Gasteiger partial charge in [0.2, 0.25) is 11.8 Å². The fourth-order valence-corrected chi connectivity index (χ4v) is 2.63. The number of nitrogens with one attached hydrogen (secondary N) is 2. The van der Waals surface area contributed by atoms with Crippen LogP contribution in [0.1, 0.15) is 32.1 Å². The third-order valence-electron chi connectivity index (χ3n) is 3.90. The Bertz CT molecular complexity index is 411. The Morgan fingerprint density at radius 3 is 1.57 bits per heavy atom. The molecule has 0 unspecified atom stereocenters. The molecule has 8 nitrogen and oxygen atoms in total. The van der Waals surface area contributed by atoms with Gasteiger partial charge in [0.1, 0.15) is 0 Å². The predicted molar refractivity (Wildman–Crippen MR) is 80.1 cm³/mol. The lowest BCUT2D eigenvalue weighted by molar-refractivity contribution is -0.142. The second-order valence-electron chi connectivity index (χ2n) is 5.38. The normalized spacial score (nSPS) is 19.7. The van der Waals surface area contributed by atoms with Crippen molar-refractivity contribution in [1.29, 1.82) is 0 Å². The van der Waals surface area contributed by atoms with Crippen molar-refractivity contribution < 1.29 is 28.7 Å². The number of carbonyl (C=O) groups is 4. The topological polar surface area (TPSA) is 111 Å². The zero-order chi connectivity index (χ0) is 17.2.